The van der Waals surface area contributed by atoms with E-state index >= 15 is 0 Å². The smallest absolute Gasteiger partial charge is 0.293 e. The second kappa shape index (κ2) is 10.7. The number of nitrogens with zero attached hydrogens (tertiary/aromatic N) is 3. The second-order valence-electron chi connectivity index (χ2n) is 8.30. The third kappa shape index (κ3) is 5.35. The molecular formula is C28H21N3O6S. The number of thioether (sulfide) groups is 1. The maximum atomic E-state index is 13.1. The van der Waals surface area contributed by atoms with Gasteiger partial charge in [0.1, 0.15) is 6.20 Å². The molecule has 0 spiro atoms. The molecule has 0 N–H and O–H groups in total. The molecule has 190 valence electrons. The standard InChI is InChI=1S/C28H21N3O6S/c1-2-36-24-14-18(8-11-23(24)37-26-12-10-22(16-29-26)31(34)35)15-25-27(32)30(28(33)38-25)17-19-7-9-20-5-3-4-6-21(20)13-19/h3-16H,2,17H2,1H3/b25-15-. The summed E-state index contributed by atoms with van der Waals surface area (Å²) in [7, 11) is 0. The van der Waals surface area contributed by atoms with Crippen LogP contribution in [0.2, 0.25) is 0 Å². The van der Waals surface area contributed by atoms with Crippen LogP contribution in [0.4, 0.5) is 10.5 Å². The molecule has 9 nitrogen and oxygen atoms in total. The van der Waals surface area contributed by atoms with Gasteiger partial charge in [-0.1, -0.05) is 42.5 Å². The summed E-state index contributed by atoms with van der Waals surface area (Å²) in [5.74, 6) is 0.562. The van der Waals surface area contributed by atoms with E-state index in [1.807, 2.05) is 49.4 Å². The lowest BCUT2D eigenvalue weighted by atomic mass is 10.1. The predicted octanol–water partition coefficient (Wildman–Crippen LogP) is 6.57. The maximum Gasteiger partial charge on any atom is 0.293 e. The van der Waals surface area contributed by atoms with Crippen LogP contribution in [-0.4, -0.2) is 32.6 Å². The lowest BCUT2D eigenvalue weighted by molar-refractivity contribution is -0.385. The van der Waals surface area contributed by atoms with Crippen molar-refractivity contribution in [1.29, 1.82) is 0 Å². The van der Waals surface area contributed by atoms with Gasteiger partial charge in [0.05, 0.1) is 23.0 Å². The molecule has 1 aliphatic heterocycles. The fourth-order valence-electron chi connectivity index (χ4n) is 3.93. The number of ether oxygens (including phenoxy) is 2. The number of imide groups is 1. The van der Waals surface area contributed by atoms with Crippen LogP contribution in [0.5, 0.6) is 17.4 Å². The molecule has 1 fully saturated rings. The molecule has 0 bridgehead atoms. The fraction of sp³-hybridized carbons (Fsp3) is 0.107. The van der Waals surface area contributed by atoms with E-state index in [4.69, 9.17) is 9.47 Å². The Morgan fingerprint density at radius 1 is 1.00 bits per heavy atom. The van der Waals surface area contributed by atoms with Gasteiger partial charge in [0, 0.05) is 12.1 Å². The molecule has 0 radical (unpaired) electrons. The van der Waals surface area contributed by atoms with E-state index in [-0.39, 0.29) is 29.3 Å². The van der Waals surface area contributed by atoms with E-state index in [0.29, 0.717) is 28.6 Å². The number of benzene rings is 3. The molecular weight excluding hydrogens is 506 g/mol. The van der Waals surface area contributed by atoms with Crippen LogP contribution >= 0.6 is 11.8 Å². The molecule has 0 aliphatic carbocycles. The third-order valence-corrected chi connectivity index (χ3v) is 6.65. The molecule has 0 unspecified atom stereocenters. The average Bonchev–Trinajstić information content (AvgIpc) is 3.17. The van der Waals surface area contributed by atoms with Crippen LogP contribution in [0.15, 0.2) is 83.9 Å². The molecule has 5 rings (SSSR count). The predicted molar refractivity (Wildman–Crippen MR) is 144 cm³/mol. The Balaban J connectivity index is 1.34. The summed E-state index contributed by atoms with van der Waals surface area (Å²) in [5, 5.41) is 12.6. The SMILES string of the molecule is CCOc1cc(/C=C2\SC(=O)N(Cc3ccc4ccccc4c3)C2=O)ccc1Oc1ccc([N+](=O)[O-])cn1. The number of fused-ring (bicyclic) bond motifs is 1. The Bertz CT molecular complexity index is 1590. The third-order valence-electron chi connectivity index (χ3n) is 5.74. The Morgan fingerprint density at radius 3 is 2.55 bits per heavy atom. The van der Waals surface area contributed by atoms with Crippen LogP contribution in [0.1, 0.15) is 18.1 Å². The zero-order valence-corrected chi connectivity index (χ0v) is 21.0. The van der Waals surface area contributed by atoms with Crippen molar-refractivity contribution in [2.24, 2.45) is 0 Å². The minimum Gasteiger partial charge on any atom is -0.490 e. The maximum absolute atomic E-state index is 13.1. The Kier molecular flexibility index (Phi) is 7.05. The number of aromatic nitrogens is 1. The number of hydrogen-bond donors (Lipinski definition) is 0. The van der Waals surface area contributed by atoms with Gasteiger partial charge >= 0.3 is 0 Å². The van der Waals surface area contributed by atoms with Gasteiger partial charge in [-0.05, 0) is 64.9 Å². The lowest BCUT2D eigenvalue weighted by Gasteiger charge is -2.13. The molecule has 0 saturated carbocycles. The average molecular weight is 528 g/mol. The first-order valence-corrected chi connectivity index (χ1v) is 12.5. The van der Waals surface area contributed by atoms with Crippen molar-refractivity contribution >= 4 is 45.4 Å². The van der Waals surface area contributed by atoms with Crippen LogP contribution < -0.4 is 9.47 Å². The van der Waals surface area contributed by atoms with E-state index < -0.39 is 4.92 Å². The van der Waals surface area contributed by atoms with Gasteiger partial charge in [0.15, 0.2) is 11.5 Å². The zero-order chi connectivity index (χ0) is 26.6. The van der Waals surface area contributed by atoms with Crippen molar-refractivity contribution in [2.75, 3.05) is 6.61 Å². The summed E-state index contributed by atoms with van der Waals surface area (Å²) in [6.45, 7) is 2.36. The number of amides is 2. The van der Waals surface area contributed by atoms with E-state index in [2.05, 4.69) is 4.98 Å². The molecule has 1 aliphatic rings. The Hall–Kier alpha value is -4.70. The minimum absolute atomic E-state index is 0.146. The van der Waals surface area contributed by atoms with Crippen LogP contribution in [0, 0.1) is 10.1 Å². The van der Waals surface area contributed by atoms with E-state index in [1.54, 1.807) is 24.3 Å². The number of nitro groups is 1. The zero-order valence-electron chi connectivity index (χ0n) is 20.2. The summed E-state index contributed by atoms with van der Waals surface area (Å²) >= 11 is 0.891. The Morgan fingerprint density at radius 2 is 1.82 bits per heavy atom. The monoisotopic (exact) mass is 527 g/mol. The molecule has 1 aromatic heterocycles. The molecule has 4 aromatic rings. The topological polar surface area (TPSA) is 112 Å². The van der Waals surface area contributed by atoms with Gasteiger partial charge < -0.3 is 9.47 Å². The van der Waals surface area contributed by atoms with Gasteiger partial charge in [0.2, 0.25) is 5.88 Å². The summed E-state index contributed by atoms with van der Waals surface area (Å²) < 4.78 is 11.5. The number of carbonyl (C=O) groups excluding carboxylic acids is 2. The van der Waals surface area contributed by atoms with Crippen molar-refractivity contribution in [2.45, 2.75) is 13.5 Å². The number of carbonyl (C=O) groups is 2. The molecule has 38 heavy (non-hydrogen) atoms. The molecule has 2 heterocycles. The summed E-state index contributed by atoms with van der Waals surface area (Å²) in [5.41, 5.74) is 1.37. The largest absolute Gasteiger partial charge is 0.490 e. The first-order chi connectivity index (χ1) is 18.4. The van der Waals surface area contributed by atoms with Crippen molar-refractivity contribution in [3.8, 4) is 17.4 Å². The van der Waals surface area contributed by atoms with E-state index in [1.165, 1.54) is 17.0 Å². The van der Waals surface area contributed by atoms with Gasteiger partial charge in [0.25, 0.3) is 16.8 Å². The normalized spacial score (nSPS) is 14.3. The summed E-state index contributed by atoms with van der Waals surface area (Å²) in [6.07, 6.45) is 2.75. The molecule has 1 saturated heterocycles. The first-order valence-electron chi connectivity index (χ1n) is 11.7. The van der Waals surface area contributed by atoms with Crippen LogP contribution in [0.25, 0.3) is 16.8 Å². The van der Waals surface area contributed by atoms with Crippen molar-refractivity contribution < 1.29 is 24.0 Å². The number of hydrogen-bond acceptors (Lipinski definition) is 8. The van der Waals surface area contributed by atoms with Crippen LogP contribution in [0.3, 0.4) is 0 Å². The lowest BCUT2D eigenvalue weighted by Crippen LogP contribution is -2.27. The molecule has 2 amide bonds. The fourth-order valence-corrected chi connectivity index (χ4v) is 4.77. The minimum atomic E-state index is -0.541. The Labute approximate surface area is 221 Å². The van der Waals surface area contributed by atoms with E-state index in [9.17, 15) is 19.7 Å². The highest BCUT2D eigenvalue weighted by Crippen LogP contribution is 2.36. The van der Waals surface area contributed by atoms with Crippen molar-refractivity contribution in [1.82, 2.24) is 9.88 Å². The molecule has 3 aromatic carbocycles. The highest BCUT2D eigenvalue weighted by Gasteiger charge is 2.35. The summed E-state index contributed by atoms with van der Waals surface area (Å²) in [4.78, 5) is 41.6. The summed E-state index contributed by atoms with van der Waals surface area (Å²) in [6, 6.07) is 21.6. The van der Waals surface area contributed by atoms with E-state index in [0.717, 1.165) is 34.3 Å². The molecule has 0 atom stereocenters. The number of rotatable bonds is 8. The van der Waals surface area contributed by atoms with Crippen LogP contribution in [-0.2, 0) is 11.3 Å². The highest BCUT2D eigenvalue weighted by molar-refractivity contribution is 8.18. The highest BCUT2D eigenvalue weighted by atomic mass is 32.2. The number of pyridine rings is 1. The van der Waals surface area contributed by atoms with Gasteiger partial charge in [-0.2, -0.15) is 0 Å². The quantitative estimate of drug-likeness (QED) is 0.144. The van der Waals surface area contributed by atoms with Crippen molar-refractivity contribution in [3.63, 3.8) is 0 Å². The second-order valence-corrected chi connectivity index (χ2v) is 9.30. The van der Waals surface area contributed by atoms with Gasteiger partial charge in [-0.3, -0.25) is 24.6 Å². The van der Waals surface area contributed by atoms with Gasteiger partial charge in [-0.15, -0.1) is 0 Å². The van der Waals surface area contributed by atoms with Gasteiger partial charge in [-0.25, -0.2) is 4.98 Å². The van der Waals surface area contributed by atoms with Crippen molar-refractivity contribution in [3.05, 3.63) is 105 Å². The first kappa shape index (κ1) is 25.0. The molecule has 10 heteroatoms.